The van der Waals surface area contributed by atoms with Gasteiger partial charge < -0.3 is 19.6 Å². The Bertz CT molecular complexity index is 1170. The molecule has 2 aliphatic carbocycles. The van der Waals surface area contributed by atoms with E-state index in [-0.39, 0.29) is 35.7 Å². The Morgan fingerprint density at radius 3 is 2.79 bits per heavy atom. The monoisotopic (exact) mass is 449 g/mol. The van der Waals surface area contributed by atoms with E-state index in [1.807, 2.05) is 26.0 Å². The number of benzene rings is 1. The van der Waals surface area contributed by atoms with Gasteiger partial charge in [0.1, 0.15) is 23.1 Å². The summed E-state index contributed by atoms with van der Waals surface area (Å²) in [4.78, 5) is 12.7. The molecule has 0 radical (unpaired) electrons. The number of hydrogen-bond acceptors (Lipinski definition) is 4. The van der Waals surface area contributed by atoms with Crippen LogP contribution in [-0.2, 0) is 16.1 Å². The van der Waals surface area contributed by atoms with Crippen LogP contribution in [0.4, 0.5) is 4.39 Å². The summed E-state index contributed by atoms with van der Waals surface area (Å²) in [5.41, 5.74) is 4.38. The Hall–Kier alpha value is -3.54. The average molecular weight is 450 g/mol. The van der Waals surface area contributed by atoms with Gasteiger partial charge >= 0.3 is 0 Å². The van der Waals surface area contributed by atoms with Crippen LogP contribution in [0.5, 0.6) is 0 Å². The van der Waals surface area contributed by atoms with Crippen molar-refractivity contribution in [1.29, 1.82) is 0 Å². The number of hydrogen-bond donors (Lipinski definition) is 2. The number of furan rings is 1. The van der Waals surface area contributed by atoms with E-state index in [0.717, 1.165) is 34.3 Å². The number of rotatable bonds is 7. The van der Waals surface area contributed by atoms with Gasteiger partial charge in [-0.2, -0.15) is 0 Å². The Kier molecular flexibility index (Phi) is 6.54. The Balaban J connectivity index is 1.64. The minimum Gasteiger partial charge on any atom is -0.512 e. The third kappa shape index (κ3) is 4.65. The molecule has 1 aromatic heterocycles. The molecule has 6 heteroatoms. The number of aliphatic hydroxyl groups is 1. The molecule has 2 N–H and O–H groups in total. The molecule has 0 spiro atoms. The minimum atomic E-state index is -0.334. The first-order valence-corrected chi connectivity index (χ1v) is 11.1. The van der Waals surface area contributed by atoms with Gasteiger partial charge in [0.15, 0.2) is 0 Å². The predicted molar refractivity (Wildman–Crippen MR) is 125 cm³/mol. The van der Waals surface area contributed by atoms with Crippen LogP contribution in [-0.4, -0.2) is 18.1 Å². The lowest BCUT2D eigenvalue weighted by atomic mass is 9.91. The molecule has 2 aromatic rings. The third-order valence-corrected chi connectivity index (χ3v) is 6.34. The smallest absolute Gasteiger partial charge is 0.221 e. The largest absolute Gasteiger partial charge is 0.512 e. The lowest BCUT2D eigenvalue weighted by Crippen LogP contribution is -2.24. The summed E-state index contributed by atoms with van der Waals surface area (Å²) in [6.45, 7) is 4.27. The molecule has 0 bridgehead atoms. The van der Waals surface area contributed by atoms with Crippen LogP contribution < -0.4 is 5.32 Å². The molecule has 4 rings (SSSR count). The minimum absolute atomic E-state index is 0.137. The van der Waals surface area contributed by atoms with Crippen molar-refractivity contribution in [3.63, 3.8) is 0 Å². The van der Waals surface area contributed by atoms with Crippen molar-refractivity contribution < 1.29 is 23.4 Å². The Morgan fingerprint density at radius 2 is 2.09 bits per heavy atom. The van der Waals surface area contributed by atoms with Crippen molar-refractivity contribution in [2.45, 2.75) is 39.2 Å². The van der Waals surface area contributed by atoms with Gasteiger partial charge in [-0.25, -0.2) is 4.39 Å². The van der Waals surface area contributed by atoms with Gasteiger partial charge in [0.05, 0.1) is 25.8 Å². The zero-order valence-corrected chi connectivity index (χ0v) is 19.0. The first-order valence-electron chi connectivity index (χ1n) is 11.1. The van der Waals surface area contributed by atoms with E-state index in [4.69, 9.17) is 9.15 Å². The molecular weight excluding hydrogens is 421 g/mol. The highest BCUT2D eigenvalue weighted by atomic mass is 19.1. The molecule has 2 unspecified atom stereocenters. The van der Waals surface area contributed by atoms with Gasteiger partial charge in [-0.3, -0.25) is 4.79 Å². The SMILES string of the molecule is CCC1C(O)=C/C(=C\C2=C(C)C(CC(=O)NCc3ccco3)c3cc(F)ccc32)C=C1OC. The molecule has 1 aromatic carbocycles. The number of carbonyl (C=O) groups excluding carboxylic acids is 1. The Morgan fingerprint density at radius 1 is 1.27 bits per heavy atom. The first kappa shape index (κ1) is 22.6. The highest BCUT2D eigenvalue weighted by molar-refractivity contribution is 5.88. The first-order chi connectivity index (χ1) is 15.9. The number of halogens is 1. The maximum atomic E-state index is 14.1. The molecule has 172 valence electrons. The van der Waals surface area contributed by atoms with Crippen LogP contribution in [0.15, 0.2) is 81.9 Å². The fourth-order valence-corrected chi connectivity index (χ4v) is 4.60. The van der Waals surface area contributed by atoms with Crippen molar-refractivity contribution in [2.24, 2.45) is 5.92 Å². The van der Waals surface area contributed by atoms with Crippen LogP contribution in [0.2, 0.25) is 0 Å². The van der Waals surface area contributed by atoms with Gasteiger partial charge in [-0.1, -0.05) is 18.6 Å². The summed E-state index contributed by atoms with van der Waals surface area (Å²) in [7, 11) is 1.60. The summed E-state index contributed by atoms with van der Waals surface area (Å²) in [5.74, 6) is 0.767. The summed E-state index contributed by atoms with van der Waals surface area (Å²) in [6.07, 6.45) is 8.12. The molecule has 0 saturated carbocycles. The maximum absolute atomic E-state index is 14.1. The number of aliphatic hydroxyl groups excluding tert-OH is 1. The lowest BCUT2D eigenvalue weighted by molar-refractivity contribution is -0.121. The fourth-order valence-electron chi connectivity index (χ4n) is 4.60. The number of nitrogens with one attached hydrogen (secondary N) is 1. The molecule has 1 amide bonds. The number of fused-ring (bicyclic) bond motifs is 1. The number of carbonyl (C=O) groups is 1. The van der Waals surface area contributed by atoms with E-state index in [9.17, 15) is 14.3 Å². The number of ether oxygens (including phenoxy) is 1. The third-order valence-electron chi connectivity index (χ3n) is 6.34. The van der Waals surface area contributed by atoms with Crippen LogP contribution in [0, 0.1) is 11.7 Å². The molecule has 1 heterocycles. The highest BCUT2D eigenvalue weighted by Crippen LogP contribution is 2.45. The number of methoxy groups -OCH3 is 1. The second kappa shape index (κ2) is 9.53. The zero-order chi connectivity index (χ0) is 23.5. The van der Waals surface area contributed by atoms with Crippen molar-refractivity contribution in [2.75, 3.05) is 7.11 Å². The summed E-state index contributed by atoms with van der Waals surface area (Å²) < 4.78 is 24.9. The maximum Gasteiger partial charge on any atom is 0.221 e. The second-order valence-electron chi connectivity index (χ2n) is 8.37. The van der Waals surface area contributed by atoms with Gasteiger partial charge in [0.2, 0.25) is 5.91 Å². The molecule has 2 atom stereocenters. The van der Waals surface area contributed by atoms with E-state index in [0.29, 0.717) is 18.1 Å². The molecular formula is C27H28FNO4. The summed E-state index contributed by atoms with van der Waals surface area (Å²) in [5, 5.41) is 13.4. The molecule has 0 saturated heterocycles. The van der Waals surface area contributed by atoms with E-state index < -0.39 is 0 Å². The standard InChI is InChI=1S/C27H28FNO4/c1-4-20-25(30)11-17(12-26(20)32-3)10-22-16(2)23(24-13-18(28)7-8-21(22)24)14-27(31)29-15-19-6-5-9-33-19/h5-13,20,23,30H,4,14-15H2,1-3H3,(H,29,31)/b17-10+. The lowest BCUT2D eigenvalue weighted by Gasteiger charge is -2.21. The van der Waals surface area contributed by atoms with Crippen molar-refractivity contribution >= 4 is 11.5 Å². The van der Waals surface area contributed by atoms with E-state index in [1.54, 1.807) is 37.6 Å². The fraction of sp³-hybridized carbons (Fsp3) is 0.296. The van der Waals surface area contributed by atoms with Gasteiger partial charge in [-0.15, -0.1) is 0 Å². The van der Waals surface area contributed by atoms with E-state index in [2.05, 4.69) is 5.32 Å². The van der Waals surface area contributed by atoms with Gasteiger partial charge in [-0.05, 0) is 78.1 Å². The second-order valence-corrected chi connectivity index (χ2v) is 8.37. The number of amides is 1. The van der Waals surface area contributed by atoms with Crippen molar-refractivity contribution in [3.05, 3.63) is 100 Å². The molecule has 0 aliphatic heterocycles. The topological polar surface area (TPSA) is 71.7 Å². The average Bonchev–Trinajstić information content (AvgIpc) is 3.40. The summed E-state index contributed by atoms with van der Waals surface area (Å²) in [6, 6.07) is 8.26. The molecule has 2 aliphatic rings. The molecule has 33 heavy (non-hydrogen) atoms. The van der Waals surface area contributed by atoms with Crippen molar-refractivity contribution in [1.82, 2.24) is 5.32 Å². The van der Waals surface area contributed by atoms with Gasteiger partial charge in [0, 0.05) is 12.3 Å². The normalized spacial score (nSPS) is 21.0. The molecule has 0 fully saturated rings. The quantitative estimate of drug-likeness (QED) is 0.549. The Labute approximate surface area is 193 Å². The van der Waals surface area contributed by atoms with Crippen LogP contribution >= 0.6 is 0 Å². The van der Waals surface area contributed by atoms with Crippen LogP contribution in [0.1, 0.15) is 49.5 Å². The van der Waals surface area contributed by atoms with Gasteiger partial charge in [0.25, 0.3) is 0 Å². The van der Waals surface area contributed by atoms with Crippen LogP contribution in [0.25, 0.3) is 5.57 Å². The number of allylic oxidation sites excluding steroid dienone is 6. The van der Waals surface area contributed by atoms with E-state index >= 15 is 0 Å². The zero-order valence-electron chi connectivity index (χ0n) is 19.0. The van der Waals surface area contributed by atoms with Crippen molar-refractivity contribution in [3.8, 4) is 0 Å². The summed E-state index contributed by atoms with van der Waals surface area (Å²) >= 11 is 0. The van der Waals surface area contributed by atoms with Crippen LogP contribution in [0.3, 0.4) is 0 Å². The highest BCUT2D eigenvalue weighted by Gasteiger charge is 2.31. The molecule has 5 nitrogen and oxygen atoms in total. The van der Waals surface area contributed by atoms with E-state index in [1.165, 1.54) is 12.1 Å². The predicted octanol–water partition coefficient (Wildman–Crippen LogP) is 5.93.